The molecular weight excluding hydrogens is 269 g/mol. The van der Waals surface area contributed by atoms with Crippen LogP contribution in [0.5, 0.6) is 0 Å². The third kappa shape index (κ3) is 5.12. The van der Waals surface area contributed by atoms with Crippen LogP contribution in [0.25, 0.3) is 0 Å². The maximum absolute atomic E-state index is 13.2. The molecule has 2 rings (SSSR count). The van der Waals surface area contributed by atoms with E-state index in [4.69, 9.17) is 4.74 Å². The maximum atomic E-state index is 13.2. The number of hydrogen-bond acceptors (Lipinski definition) is 2. The largest absolute Gasteiger partial charge is 0.378 e. The fraction of sp³-hybridized carbons (Fsp3) is 0.588. The quantitative estimate of drug-likeness (QED) is 0.834. The Morgan fingerprint density at radius 1 is 1.38 bits per heavy atom. The van der Waals surface area contributed by atoms with E-state index >= 15 is 0 Å². The molecule has 21 heavy (non-hydrogen) atoms. The molecule has 116 valence electrons. The maximum Gasteiger partial charge on any atom is 0.226 e. The minimum absolute atomic E-state index is 0.0803. The highest BCUT2D eigenvalue weighted by atomic mass is 19.1. The van der Waals surface area contributed by atoms with Gasteiger partial charge in [-0.05, 0) is 43.4 Å². The first kappa shape index (κ1) is 16.0. The Balaban J connectivity index is 1.85. The first-order valence-electron chi connectivity index (χ1n) is 7.83. The lowest BCUT2D eigenvalue weighted by molar-refractivity contribution is -0.130. The van der Waals surface area contributed by atoms with Crippen molar-refractivity contribution in [1.82, 2.24) is 4.90 Å². The van der Waals surface area contributed by atoms with E-state index in [2.05, 4.69) is 6.92 Å². The molecule has 1 aliphatic rings. The van der Waals surface area contributed by atoms with Gasteiger partial charge in [-0.25, -0.2) is 4.39 Å². The Bertz CT molecular complexity index is 464. The zero-order valence-electron chi connectivity index (χ0n) is 12.7. The minimum Gasteiger partial charge on any atom is -0.378 e. The van der Waals surface area contributed by atoms with Gasteiger partial charge >= 0.3 is 0 Å². The molecule has 1 amide bonds. The average Bonchev–Trinajstić information content (AvgIpc) is 2.70. The van der Waals surface area contributed by atoms with Crippen molar-refractivity contribution in [2.24, 2.45) is 0 Å². The Kier molecular flexibility index (Phi) is 6.18. The SMILES string of the molecule is CCCO[C@@H]1CCCN(C(=O)Cc2cccc(F)c2)CC1. The predicted octanol–water partition coefficient (Wildman–Crippen LogP) is 3.18. The molecule has 4 heteroatoms. The van der Waals surface area contributed by atoms with Crippen LogP contribution in [-0.4, -0.2) is 36.6 Å². The van der Waals surface area contributed by atoms with Crippen LogP contribution in [0.1, 0.15) is 38.2 Å². The van der Waals surface area contributed by atoms with Gasteiger partial charge in [-0.1, -0.05) is 19.1 Å². The Labute approximate surface area is 126 Å². The van der Waals surface area contributed by atoms with Gasteiger partial charge in [-0.2, -0.15) is 0 Å². The molecule has 1 atom stereocenters. The molecule has 1 aromatic rings. The van der Waals surface area contributed by atoms with Crippen LogP contribution in [0, 0.1) is 5.82 Å². The third-order valence-electron chi connectivity index (χ3n) is 3.83. The van der Waals surface area contributed by atoms with Crippen molar-refractivity contribution in [3.63, 3.8) is 0 Å². The van der Waals surface area contributed by atoms with Gasteiger partial charge in [0.05, 0.1) is 12.5 Å². The summed E-state index contributed by atoms with van der Waals surface area (Å²) in [5.74, 6) is -0.207. The van der Waals surface area contributed by atoms with Crippen molar-refractivity contribution in [3.05, 3.63) is 35.6 Å². The van der Waals surface area contributed by atoms with E-state index in [1.807, 2.05) is 4.90 Å². The summed E-state index contributed by atoms with van der Waals surface area (Å²) < 4.78 is 18.9. The van der Waals surface area contributed by atoms with Crippen LogP contribution >= 0.6 is 0 Å². The molecule has 3 nitrogen and oxygen atoms in total. The summed E-state index contributed by atoms with van der Waals surface area (Å²) in [6.45, 7) is 4.41. The monoisotopic (exact) mass is 293 g/mol. The fourth-order valence-electron chi connectivity index (χ4n) is 2.70. The number of amides is 1. The first-order chi connectivity index (χ1) is 10.2. The molecule has 0 saturated carbocycles. The summed E-state index contributed by atoms with van der Waals surface area (Å²) in [5.41, 5.74) is 0.739. The molecule has 0 radical (unpaired) electrons. The second kappa shape index (κ2) is 8.13. The minimum atomic E-state index is -0.288. The van der Waals surface area contributed by atoms with Crippen LogP contribution in [0.15, 0.2) is 24.3 Å². The number of likely N-dealkylation sites (tertiary alicyclic amines) is 1. The number of rotatable bonds is 5. The number of benzene rings is 1. The molecule has 0 unspecified atom stereocenters. The zero-order valence-corrected chi connectivity index (χ0v) is 12.7. The first-order valence-corrected chi connectivity index (χ1v) is 7.83. The highest BCUT2D eigenvalue weighted by molar-refractivity contribution is 5.78. The molecule has 1 saturated heterocycles. The summed E-state index contributed by atoms with van der Waals surface area (Å²) in [7, 11) is 0. The van der Waals surface area contributed by atoms with Crippen LogP contribution < -0.4 is 0 Å². The molecule has 0 aromatic heterocycles. The van der Waals surface area contributed by atoms with Crippen molar-refractivity contribution in [3.8, 4) is 0 Å². The normalized spacial score (nSPS) is 19.3. The van der Waals surface area contributed by atoms with E-state index in [0.717, 1.165) is 50.9 Å². The van der Waals surface area contributed by atoms with Crippen molar-refractivity contribution >= 4 is 5.91 Å². The van der Waals surface area contributed by atoms with Crippen molar-refractivity contribution in [1.29, 1.82) is 0 Å². The van der Waals surface area contributed by atoms with Crippen LogP contribution in [-0.2, 0) is 16.0 Å². The van der Waals surface area contributed by atoms with Gasteiger partial charge in [0, 0.05) is 19.7 Å². The van der Waals surface area contributed by atoms with Crippen molar-refractivity contribution < 1.29 is 13.9 Å². The smallest absolute Gasteiger partial charge is 0.226 e. The highest BCUT2D eigenvalue weighted by Crippen LogP contribution is 2.16. The molecule has 1 aromatic carbocycles. The number of nitrogens with zero attached hydrogens (tertiary/aromatic N) is 1. The number of halogens is 1. The van der Waals surface area contributed by atoms with E-state index < -0.39 is 0 Å². The van der Waals surface area contributed by atoms with Gasteiger partial charge < -0.3 is 9.64 Å². The van der Waals surface area contributed by atoms with Gasteiger partial charge in [-0.3, -0.25) is 4.79 Å². The molecular formula is C17H24FNO2. The van der Waals surface area contributed by atoms with Gasteiger partial charge in [0.1, 0.15) is 5.82 Å². The summed E-state index contributed by atoms with van der Waals surface area (Å²) in [4.78, 5) is 14.2. The third-order valence-corrected chi connectivity index (χ3v) is 3.83. The Hall–Kier alpha value is -1.42. The second-order valence-corrected chi connectivity index (χ2v) is 5.61. The summed E-state index contributed by atoms with van der Waals surface area (Å²) >= 11 is 0. The average molecular weight is 293 g/mol. The molecule has 0 spiro atoms. The number of ether oxygens (including phenoxy) is 1. The standard InChI is InChI=1S/C17H24FNO2/c1-2-11-21-16-7-4-9-19(10-8-16)17(20)13-14-5-3-6-15(18)12-14/h3,5-6,12,16H,2,4,7-11,13H2,1H3/t16-/m1/s1. The number of carbonyl (C=O) groups is 1. The zero-order chi connectivity index (χ0) is 15.1. The molecule has 0 aliphatic carbocycles. The highest BCUT2D eigenvalue weighted by Gasteiger charge is 2.21. The van der Waals surface area contributed by atoms with E-state index in [-0.39, 0.29) is 24.2 Å². The lowest BCUT2D eigenvalue weighted by Crippen LogP contribution is -2.33. The van der Waals surface area contributed by atoms with Gasteiger partial charge in [0.25, 0.3) is 0 Å². The predicted molar refractivity (Wildman–Crippen MR) is 80.6 cm³/mol. The topological polar surface area (TPSA) is 29.5 Å². The summed E-state index contributed by atoms with van der Waals surface area (Å²) in [6, 6.07) is 6.28. The lowest BCUT2D eigenvalue weighted by atomic mass is 10.1. The van der Waals surface area contributed by atoms with Crippen LogP contribution in [0.2, 0.25) is 0 Å². The lowest BCUT2D eigenvalue weighted by Gasteiger charge is -2.21. The molecule has 0 bridgehead atoms. The van der Waals surface area contributed by atoms with Gasteiger partial charge in [0.15, 0.2) is 0 Å². The molecule has 0 N–H and O–H groups in total. The van der Waals surface area contributed by atoms with E-state index in [9.17, 15) is 9.18 Å². The Morgan fingerprint density at radius 3 is 3.00 bits per heavy atom. The van der Waals surface area contributed by atoms with Crippen molar-refractivity contribution in [2.75, 3.05) is 19.7 Å². The van der Waals surface area contributed by atoms with Crippen LogP contribution in [0.3, 0.4) is 0 Å². The second-order valence-electron chi connectivity index (χ2n) is 5.61. The van der Waals surface area contributed by atoms with Gasteiger partial charge in [0.2, 0.25) is 5.91 Å². The van der Waals surface area contributed by atoms with E-state index in [1.165, 1.54) is 12.1 Å². The van der Waals surface area contributed by atoms with Crippen molar-refractivity contribution in [2.45, 2.75) is 45.1 Å². The number of hydrogen-bond donors (Lipinski definition) is 0. The van der Waals surface area contributed by atoms with E-state index in [0.29, 0.717) is 0 Å². The Morgan fingerprint density at radius 2 is 2.24 bits per heavy atom. The molecule has 1 fully saturated rings. The summed E-state index contributed by atoms with van der Waals surface area (Å²) in [5, 5.41) is 0. The number of carbonyl (C=O) groups excluding carboxylic acids is 1. The fourth-order valence-corrected chi connectivity index (χ4v) is 2.70. The summed E-state index contributed by atoms with van der Waals surface area (Å²) in [6.07, 6.45) is 4.47. The molecule has 1 heterocycles. The van der Waals surface area contributed by atoms with Gasteiger partial charge in [-0.15, -0.1) is 0 Å². The van der Waals surface area contributed by atoms with Crippen LogP contribution in [0.4, 0.5) is 4.39 Å². The molecule has 1 aliphatic heterocycles. The van der Waals surface area contributed by atoms with E-state index in [1.54, 1.807) is 12.1 Å².